The maximum atomic E-state index is 5.35. The lowest BCUT2D eigenvalue weighted by Crippen LogP contribution is -2.43. The summed E-state index contributed by atoms with van der Waals surface area (Å²) in [5, 5.41) is 11.6. The number of nitrogens with zero attached hydrogens (tertiary/aromatic N) is 4. The van der Waals surface area contributed by atoms with Crippen molar-refractivity contribution in [1.82, 2.24) is 25.3 Å². The molecule has 1 aliphatic rings. The van der Waals surface area contributed by atoms with Gasteiger partial charge in [-0.2, -0.15) is 5.10 Å². The molecule has 0 amide bonds. The van der Waals surface area contributed by atoms with E-state index in [-0.39, 0.29) is 36.1 Å². The van der Waals surface area contributed by atoms with Crippen LogP contribution in [0.15, 0.2) is 29.3 Å². The monoisotopic (exact) mass is 568 g/mol. The summed E-state index contributed by atoms with van der Waals surface area (Å²) in [7, 11) is 3.72. The van der Waals surface area contributed by atoms with Crippen molar-refractivity contribution in [2.45, 2.75) is 59.0 Å². The second kappa shape index (κ2) is 13.2. The standard InChI is InChI=1S/C25H40N6O.HI/c1-7-26-25(28-18(2)16-23-19(3)29-30(5)20(23)4)27-17-24(31-14-8-9-15-31)21-10-12-22(32-6)13-11-21;/h10-13,18,24H,7-9,14-17H2,1-6H3,(H2,26,27,28);1H. The molecule has 8 heteroatoms. The summed E-state index contributed by atoms with van der Waals surface area (Å²) in [5.41, 5.74) is 4.94. The molecule has 2 atom stereocenters. The van der Waals surface area contributed by atoms with Crippen LogP contribution in [0.5, 0.6) is 5.75 Å². The molecule has 33 heavy (non-hydrogen) atoms. The van der Waals surface area contributed by atoms with Crippen LogP contribution in [-0.4, -0.2) is 60.0 Å². The number of likely N-dealkylation sites (tertiary alicyclic amines) is 1. The van der Waals surface area contributed by atoms with Gasteiger partial charge in [-0.3, -0.25) is 14.6 Å². The van der Waals surface area contributed by atoms with Crippen LogP contribution < -0.4 is 15.4 Å². The van der Waals surface area contributed by atoms with Gasteiger partial charge in [0.1, 0.15) is 5.75 Å². The van der Waals surface area contributed by atoms with E-state index in [0.29, 0.717) is 0 Å². The Morgan fingerprint density at radius 2 is 1.85 bits per heavy atom. The summed E-state index contributed by atoms with van der Waals surface area (Å²) >= 11 is 0. The fraction of sp³-hybridized carbons (Fsp3) is 0.600. The molecule has 3 rings (SSSR count). The molecular formula is C25H41IN6O. The van der Waals surface area contributed by atoms with Crippen molar-refractivity contribution in [2.24, 2.45) is 12.0 Å². The first kappa shape index (κ1) is 27.4. The van der Waals surface area contributed by atoms with Gasteiger partial charge >= 0.3 is 0 Å². The molecule has 2 aromatic rings. The molecule has 1 aromatic heterocycles. The third kappa shape index (κ3) is 7.34. The number of guanidine groups is 1. The Morgan fingerprint density at radius 3 is 2.39 bits per heavy atom. The second-order valence-corrected chi connectivity index (χ2v) is 8.77. The number of aryl methyl sites for hydroxylation is 2. The Balaban J connectivity index is 0.00000385. The summed E-state index contributed by atoms with van der Waals surface area (Å²) in [6.45, 7) is 12.4. The maximum absolute atomic E-state index is 5.35. The average molecular weight is 569 g/mol. The smallest absolute Gasteiger partial charge is 0.191 e. The van der Waals surface area contributed by atoms with E-state index in [0.717, 1.165) is 50.0 Å². The van der Waals surface area contributed by atoms with E-state index in [4.69, 9.17) is 9.73 Å². The minimum Gasteiger partial charge on any atom is -0.497 e. The van der Waals surface area contributed by atoms with E-state index in [2.05, 4.69) is 60.5 Å². The first-order valence-corrected chi connectivity index (χ1v) is 11.8. The second-order valence-electron chi connectivity index (χ2n) is 8.77. The average Bonchev–Trinajstić information content (AvgIpc) is 3.39. The van der Waals surface area contributed by atoms with E-state index in [9.17, 15) is 0 Å². The van der Waals surface area contributed by atoms with Crippen LogP contribution in [0, 0.1) is 13.8 Å². The Kier molecular flexibility index (Phi) is 11.0. The number of methoxy groups -OCH3 is 1. The molecule has 0 bridgehead atoms. The zero-order chi connectivity index (χ0) is 23.1. The molecule has 0 aliphatic carbocycles. The highest BCUT2D eigenvalue weighted by atomic mass is 127. The van der Waals surface area contributed by atoms with E-state index in [1.165, 1.54) is 29.7 Å². The quantitative estimate of drug-likeness (QED) is 0.272. The van der Waals surface area contributed by atoms with Gasteiger partial charge in [0, 0.05) is 25.3 Å². The summed E-state index contributed by atoms with van der Waals surface area (Å²) in [6.07, 6.45) is 3.44. The van der Waals surface area contributed by atoms with Crippen LogP contribution in [0.2, 0.25) is 0 Å². The van der Waals surface area contributed by atoms with Gasteiger partial charge in [-0.25, -0.2) is 0 Å². The van der Waals surface area contributed by atoms with Gasteiger partial charge in [0.15, 0.2) is 5.96 Å². The SMILES string of the molecule is CCNC(=NCC(c1ccc(OC)cc1)N1CCCC1)NC(C)Cc1c(C)nn(C)c1C.I. The number of hydrogen-bond acceptors (Lipinski definition) is 4. The normalized spacial score (nSPS) is 16.2. The molecule has 2 N–H and O–H groups in total. The van der Waals surface area contributed by atoms with E-state index >= 15 is 0 Å². The minimum absolute atomic E-state index is 0. The van der Waals surface area contributed by atoms with Gasteiger partial charge < -0.3 is 15.4 Å². The van der Waals surface area contributed by atoms with Gasteiger partial charge in [-0.05, 0) is 83.3 Å². The number of aliphatic imine (C=N–C) groups is 1. The van der Waals surface area contributed by atoms with Gasteiger partial charge in [-0.15, -0.1) is 24.0 Å². The molecular weight excluding hydrogens is 527 g/mol. The summed E-state index contributed by atoms with van der Waals surface area (Å²) in [4.78, 5) is 7.57. The summed E-state index contributed by atoms with van der Waals surface area (Å²) in [5.74, 6) is 1.76. The van der Waals surface area contributed by atoms with Crippen LogP contribution in [0.3, 0.4) is 0 Å². The Hall–Kier alpha value is -1.81. The fourth-order valence-electron chi connectivity index (χ4n) is 4.51. The number of nitrogens with one attached hydrogen (secondary N) is 2. The predicted molar refractivity (Wildman–Crippen MR) is 147 cm³/mol. The number of hydrogen-bond donors (Lipinski definition) is 2. The Morgan fingerprint density at radius 1 is 1.18 bits per heavy atom. The number of rotatable bonds is 9. The highest BCUT2D eigenvalue weighted by Crippen LogP contribution is 2.27. The van der Waals surface area contributed by atoms with Crippen LogP contribution >= 0.6 is 24.0 Å². The summed E-state index contributed by atoms with van der Waals surface area (Å²) in [6, 6.07) is 8.97. The largest absolute Gasteiger partial charge is 0.497 e. The number of benzene rings is 1. The van der Waals surface area contributed by atoms with E-state index in [1.54, 1.807) is 7.11 Å². The molecule has 0 radical (unpaired) electrons. The summed E-state index contributed by atoms with van der Waals surface area (Å²) < 4.78 is 7.31. The van der Waals surface area contributed by atoms with E-state index in [1.807, 2.05) is 23.9 Å². The molecule has 7 nitrogen and oxygen atoms in total. The molecule has 0 saturated carbocycles. The van der Waals surface area contributed by atoms with Gasteiger partial charge in [0.2, 0.25) is 0 Å². The van der Waals surface area contributed by atoms with Crippen LogP contribution in [0.1, 0.15) is 55.2 Å². The zero-order valence-corrected chi connectivity index (χ0v) is 23.3. The third-order valence-corrected chi connectivity index (χ3v) is 6.40. The zero-order valence-electron chi connectivity index (χ0n) is 21.0. The van der Waals surface area contributed by atoms with Crippen molar-refractivity contribution in [2.75, 3.05) is 33.3 Å². The van der Waals surface area contributed by atoms with Gasteiger partial charge in [0.25, 0.3) is 0 Å². The van der Waals surface area contributed by atoms with Gasteiger partial charge in [-0.1, -0.05) is 12.1 Å². The minimum atomic E-state index is 0. The van der Waals surface area contributed by atoms with Gasteiger partial charge in [0.05, 0.1) is 25.4 Å². The topological polar surface area (TPSA) is 66.7 Å². The number of ether oxygens (including phenoxy) is 1. The number of halogens is 1. The first-order chi connectivity index (χ1) is 15.4. The third-order valence-electron chi connectivity index (χ3n) is 6.40. The van der Waals surface area contributed by atoms with Crippen molar-refractivity contribution < 1.29 is 4.74 Å². The van der Waals surface area contributed by atoms with Crippen LogP contribution in [0.4, 0.5) is 0 Å². The fourth-order valence-corrected chi connectivity index (χ4v) is 4.51. The predicted octanol–water partition coefficient (Wildman–Crippen LogP) is 3.99. The lowest BCUT2D eigenvalue weighted by molar-refractivity contribution is 0.251. The highest BCUT2D eigenvalue weighted by molar-refractivity contribution is 14.0. The van der Waals surface area contributed by atoms with Crippen molar-refractivity contribution in [3.05, 3.63) is 46.8 Å². The Bertz CT molecular complexity index is 889. The van der Waals surface area contributed by atoms with Crippen molar-refractivity contribution in [3.8, 4) is 5.75 Å². The molecule has 1 aromatic carbocycles. The highest BCUT2D eigenvalue weighted by Gasteiger charge is 2.23. The molecule has 0 spiro atoms. The lowest BCUT2D eigenvalue weighted by atomic mass is 10.1. The Labute approximate surface area is 216 Å². The van der Waals surface area contributed by atoms with Crippen molar-refractivity contribution >= 4 is 29.9 Å². The molecule has 1 aliphatic heterocycles. The molecule has 1 saturated heterocycles. The van der Waals surface area contributed by atoms with Crippen molar-refractivity contribution in [1.29, 1.82) is 0 Å². The molecule has 2 unspecified atom stereocenters. The first-order valence-electron chi connectivity index (χ1n) is 11.8. The number of aromatic nitrogens is 2. The van der Waals surface area contributed by atoms with Crippen LogP contribution in [-0.2, 0) is 13.5 Å². The lowest BCUT2D eigenvalue weighted by Gasteiger charge is -2.27. The van der Waals surface area contributed by atoms with Crippen LogP contribution in [0.25, 0.3) is 0 Å². The van der Waals surface area contributed by atoms with Crippen molar-refractivity contribution in [3.63, 3.8) is 0 Å². The maximum Gasteiger partial charge on any atom is 0.191 e. The molecule has 184 valence electrons. The molecule has 1 fully saturated rings. The van der Waals surface area contributed by atoms with E-state index < -0.39 is 0 Å². The molecule has 2 heterocycles.